The average Bonchev–Trinajstić information content (AvgIpc) is 2.88. The molecular weight excluding hydrogens is 565 g/mol. The summed E-state index contributed by atoms with van der Waals surface area (Å²) in [7, 11) is -2.26. The molecule has 0 spiro atoms. The normalized spacial score (nSPS) is 14.1. The summed E-state index contributed by atoms with van der Waals surface area (Å²) in [5.41, 5.74) is 1.54. The molecule has 1 amide bonds. The molecule has 0 bridgehead atoms. The van der Waals surface area contributed by atoms with Crippen molar-refractivity contribution in [3.8, 4) is 5.75 Å². The van der Waals surface area contributed by atoms with Gasteiger partial charge in [-0.1, -0.05) is 18.2 Å². The largest absolute Gasteiger partial charge is 0.497 e. The van der Waals surface area contributed by atoms with Gasteiger partial charge in [-0.15, -0.1) is 0 Å². The van der Waals surface area contributed by atoms with Crippen LogP contribution in [0.5, 0.6) is 5.75 Å². The van der Waals surface area contributed by atoms with Crippen LogP contribution in [0.25, 0.3) is 0 Å². The van der Waals surface area contributed by atoms with E-state index in [4.69, 9.17) is 4.74 Å². The highest BCUT2D eigenvalue weighted by Gasteiger charge is 2.30. The van der Waals surface area contributed by atoms with Crippen molar-refractivity contribution in [1.82, 2.24) is 4.90 Å². The van der Waals surface area contributed by atoms with Crippen LogP contribution in [0, 0.1) is 3.57 Å². The highest BCUT2D eigenvalue weighted by molar-refractivity contribution is 14.1. The molecule has 1 fully saturated rings. The topological polar surface area (TPSA) is 70.2 Å². The minimum atomic E-state index is -3.90. The van der Waals surface area contributed by atoms with Crippen LogP contribution < -0.4 is 13.9 Å². The number of sulfonamides is 1. The molecule has 3 aromatic rings. The lowest BCUT2D eigenvalue weighted by Gasteiger charge is -2.37. The molecule has 0 aromatic heterocycles. The minimum Gasteiger partial charge on any atom is -0.497 e. The smallest absolute Gasteiger partial charge is 0.264 e. The van der Waals surface area contributed by atoms with E-state index in [1.165, 1.54) is 4.31 Å². The van der Waals surface area contributed by atoms with Gasteiger partial charge in [0.2, 0.25) is 5.91 Å². The molecule has 0 N–H and O–H groups in total. The maximum atomic E-state index is 13.5. The van der Waals surface area contributed by atoms with Crippen molar-refractivity contribution in [2.45, 2.75) is 4.90 Å². The molecule has 0 unspecified atom stereocenters. The Morgan fingerprint density at radius 2 is 1.53 bits per heavy atom. The van der Waals surface area contributed by atoms with Gasteiger partial charge in [0, 0.05) is 35.4 Å². The fourth-order valence-electron chi connectivity index (χ4n) is 3.87. The Morgan fingerprint density at radius 1 is 0.912 bits per heavy atom. The van der Waals surface area contributed by atoms with Gasteiger partial charge >= 0.3 is 0 Å². The van der Waals surface area contributed by atoms with E-state index in [-0.39, 0.29) is 17.3 Å². The summed E-state index contributed by atoms with van der Waals surface area (Å²) in [5, 5.41) is 0. The van der Waals surface area contributed by atoms with Crippen molar-refractivity contribution < 1.29 is 17.9 Å². The van der Waals surface area contributed by atoms with E-state index < -0.39 is 10.0 Å². The first kappa shape index (κ1) is 24.3. The summed E-state index contributed by atoms with van der Waals surface area (Å²) >= 11 is 2.17. The predicted molar refractivity (Wildman–Crippen MR) is 142 cm³/mol. The molecule has 0 aliphatic carbocycles. The molecule has 4 rings (SSSR count). The molecule has 34 heavy (non-hydrogen) atoms. The number of methoxy groups -OCH3 is 1. The molecular formula is C25H26IN3O4S. The third-order valence-corrected chi connectivity index (χ3v) is 8.30. The Kier molecular flexibility index (Phi) is 7.62. The van der Waals surface area contributed by atoms with Crippen molar-refractivity contribution in [2.75, 3.05) is 49.0 Å². The van der Waals surface area contributed by atoms with Gasteiger partial charge in [0.1, 0.15) is 12.3 Å². The molecule has 0 atom stereocenters. The Bertz CT molecular complexity index is 1210. The third kappa shape index (κ3) is 5.47. The molecule has 0 radical (unpaired) electrons. The van der Waals surface area contributed by atoms with E-state index in [1.807, 2.05) is 36.4 Å². The van der Waals surface area contributed by atoms with Crippen LogP contribution in [0.1, 0.15) is 0 Å². The van der Waals surface area contributed by atoms with E-state index in [1.54, 1.807) is 54.5 Å². The van der Waals surface area contributed by atoms with Crippen LogP contribution in [0.15, 0.2) is 83.8 Å². The number of hydrogen-bond donors (Lipinski definition) is 0. The zero-order valence-electron chi connectivity index (χ0n) is 18.8. The molecule has 7 nitrogen and oxygen atoms in total. The van der Waals surface area contributed by atoms with Crippen LogP contribution >= 0.6 is 22.6 Å². The lowest BCUT2D eigenvalue weighted by Crippen LogP contribution is -2.52. The number of amides is 1. The molecule has 178 valence electrons. The van der Waals surface area contributed by atoms with Crippen molar-refractivity contribution in [2.24, 2.45) is 0 Å². The zero-order chi connectivity index (χ0) is 24.1. The standard InChI is InChI=1S/C25H26IN3O4S/c1-33-23-13-11-21(12-14-23)27-15-17-28(18-16-27)25(30)19-29(22-9-7-20(26)8-10-22)34(31,32)24-5-3-2-4-6-24/h2-14H,15-19H2,1H3. The third-order valence-electron chi connectivity index (χ3n) is 5.79. The number of anilines is 2. The first-order valence-electron chi connectivity index (χ1n) is 10.9. The molecule has 1 aliphatic heterocycles. The Labute approximate surface area is 214 Å². The highest BCUT2D eigenvalue weighted by atomic mass is 127. The van der Waals surface area contributed by atoms with E-state index in [0.29, 0.717) is 31.9 Å². The van der Waals surface area contributed by atoms with Gasteiger partial charge in [0.25, 0.3) is 10.0 Å². The number of piperazine rings is 1. The number of hydrogen-bond acceptors (Lipinski definition) is 5. The summed E-state index contributed by atoms with van der Waals surface area (Å²) in [6, 6.07) is 23.2. The molecule has 3 aromatic carbocycles. The number of rotatable bonds is 7. The van der Waals surface area contributed by atoms with Crippen molar-refractivity contribution in [3.63, 3.8) is 0 Å². The summed E-state index contributed by atoms with van der Waals surface area (Å²) < 4.78 is 34.3. The predicted octanol–water partition coefficient (Wildman–Crippen LogP) is 3.84. The van der Waals surface area contributed by atoms with Gasteiger partial charge in [-0.3, -0.25) is 9.10 Å². The second-order valence-corrected chi connectivity index (χ2v) is 11.0. The molecule has 1 heterocycles. The fraction of sp³-hybridized carbons (Fsp3) is 0.240. The van der Waals surface area contributed by atoms with Crippen LogP contribution in [0.4, 0.5) is 11.4 Å². The van der Waals surface area contributed by atoms with E-state index >= 15 is 0 Å². The number of halogens is 1. The summed E-state index contributed by atoms with van der Waals surface area (Å²) in [4.78, 5) is 17.3. The molecule has 0 saturated carbocycles. The van der Waals surface area contributed by atoms with Gasteiger partial charge in [-0.05, 0) is 83.3 Å². The van der Waals surface area contributed by atoms with Crippen molar-refractivity contribution >= 4 is 49.9 Å². The van der Waals surface area contributed by atoms with Crippen LogP contribution in [-0.2, 0) is 14.8 Å². The van der Waals surface area contributed by atoms with Gasteiger partial charge in [-0.2, -0.15) is 0 Å². The van der Waals surface area contributed by atoms with Crippen molar-refractivity contribution in [1.29, 1.82) is 0 Å². The first-order chi connectivity index (χ1) is 16.4. The lowest BCUT2D eigenvalue weighted by molar-refractivity contribution is -0.129. The van der Waals surface area contributed by atoms with Gasteiger partial charge in [-0.25, -0.2) is 8.42 Å². The molecule has 1 saturated heterocycles. The number of nitrogens with zero attached hydrogens (tertiary/aromatic N) is 3. The first-order valence-corrected chi connectivity index (χ1v) is 13.4. The van der Waals surface area contributed by atoms with Crippen LogP contribution in [-0.4, -0.2) is 59.1 Å². The second kappa shape index (κ2) is 10.6. The summed E-state index contributed by atoms with van der Waals surface area (Å²) in [5.74, 6) is 0.584. The number of carbonyl (C=O) groups excluding carboxylic acids is 1. The van der Waals surface area contributed by atoms with E-state index in [9.17, 15) is 13.2 Å². The second-order valence-electron chi connectivity index (χ2n) is 7.87. The number of benzene rings is 3. The lowest BCUT2D eigenvalue weighted by atomic mass is 10.2. The summed E-state index contributed by atoms with van der Waals surface area (Å²) in [6.07, 6.45) is 0. The maximum absolute atomic E-state index is 13.5. The van der Waals surface area contributed by atoms with Crippen LogP contribution in [0.2, 0.25) is 0 Å². The monoisotopic (exact) mass is 591 g/mol. The maximum Gasteiger partial charge on any atom is 0.264 e. The van der Waals surface area contributed by atoms with Gasteiger partial charge in [0.05, 0.1) is 17.7 Å². The zero-order valence-corrected chi connectivity index (χ0v) is 21.8. The van der Waals surface area contributed by atoms with Crippen LogP contribution in [0.3, 0.4) is 0 Å². The highest BCUT2D eigenvalue weighted by Crippen LogP contribution is 2.25. The fourth-order valence-corrected chi connectivity index (χ4v) is 5.67. The minimum absolute atomic E-state index is 0.158. The van der Waals surface area contributed by atoms with Gasteiger partial charge in [0.15, 0.2) is 0 Å². The Balaban J connectivity index is 1.49. The van der Waals surface area contributed by atoms with Gasteiger partial charge < -0.3 is 14.5 Å². The molecule has 9 heteroatoms. The number of ether oxygens (including phenoxy) is 1. The van der Waals surface area contributed by atoms with E-state index in [0.717, 1.165) is 15.0 Å². The Hall–Kier alpha value is -2.79. The average molecular weight is 591 g/mol. The quantitative estimate of drug-likeness (QED) is 0.391. The summed E-state index contributed by atoms with van der Waals surface area (Å²) in [6.45, 7) is 2.15. The number of carbonyl (C=O) groups is 1. The SMILES string of the molecule is COc1ccc(N2CCN(C(=O)CN(c3ccc(I)cc3)S(=O)(=O)c3ccccc3)CC2)cc1. The van der Waals surface area contributed by atoms with E-state index in [2.05, 4.69) is 27.5 Å². The van der Waals surface area contributed by atoms with Crippen molar-refractivity contribution in [3.05, 3.63) is 82.4 Å². The Morgan fingerprint density at radius 3 is 2.12 bits per heavy atom. The molecule has 1 aliphatic rings.